The molecule has 3 nitrogen and oxygen atoms in total. The van der Waals surface area contributed by atoms with Crippen LogP contribution in [0.4, 0.5) is 0 Å². The topological polar surface area (TPSA) is 38.7 Å². The molecule has 0 amide bonds. The smallest absolute Gasteiger partial charge is 0.294 e. The van der Waals surface area contributed by atoms with Gasteiger partial charge in [0.1, 0.15) is 0 Å². The molecular weight excluding hydrogens is 82.0 g/mol. The number of aliphatic imine (C=N–C) groups is 1. The van der Waals surface area contributed by atoms with Gasteiger partial charge in [-0.15, -0.1) is 0 Å². The van der Waals surface area contributed by atoms with E-state index in [1.54, 1.807) is 0 Å². The summed E-state index contributed by atoms with van der Waals surface area (Å²) in [6, 6.07) is 0. The van der Waals surface area contributed by atoms with E-state index in [9.17, 15) is 4.79 Å². The van der Waals surface area contributed by atoms with Gasteiger partial charge in [-0.2, -0.15) is 0 Å². The number of carbonyl (C=O) groups is 1. The number of hydrogen-bond donors (Lipinski definition) is 0. The van der Waals surface area contributed by atoms with Crippen molar-refractivity contribution < 1.29 is 9.53 Å². The molecule has 0 bridgehead atoms. The van der Waals surface area contributed by atoms with Crippen LogP contribution in [0, 0.1) is 0 Å². The van der Waals surface area contributed by atoms with Crippen LogP contribution >= 0.6 is 0 Å². The van der Waals surface area contributed by atoms with Gasteiger partial charge in [0.15, 0.2) is 6.73 Å². The van der Waals surface area contributed by atoms with E-state index in [1.165, 1.54) is 0 Å². The Balaban J connectivity index is 2.66. The van der Waals surface area contributed by atoms with Crippen molar-refractivity contribution in [1.29, 1.82) is 0 Å². The first-order chi connectivity index (χ1) is 2.91. The minimum Gasteiger partial charge on any atom is -0.445 e. The molecule has 0 heterocycles. The predicted molar refractivity (Wildman–Crippen MR) is 21.6 cm³/mol. The second-order valence-electron chi connectivity index (χ2n) is 0.616. The minimum absolute atomic E-state index is 0.0590. The molecule has 0 aliphatic carbocycles. The molecule has 0 aromatic rings. The van der Waals surface area contributed by atoms with Gasteiger partial charge in [0, 0.05) is 0 Å². The number of nitrogens with zero attached hydrogens (tertiary/aromatic N) is 1. The zero-order chi connectivity index (χ0) is 4.83. The highest BCUT2D eigenvalue weighted by Gasteiger charge is 1.65. The van der Waals surface area contributed by atoms with E-state index < -0.39 is 0 Å². The van der Waals surface area contributed by atoms with Gasteiger partial charge in [0.05, 0.1) is 0 Å². The van der Waals surface area contributed by atoms with E-state index in [-0.39, 0.29) is 6.73 Å². The SMILES string of the molecule is C=NCOC=O. The van der Waals surface area contributed by atoms with Gasteiger partial charge in [-0.05, 0) is 6.72 Å². The van der Waals surface area contributed by atoms with Crippen molar-refractivity contribution in [3.8, 4) is 0 Å². The summed E-state index contributed by atoms with van der Waals surface area (Å²) in [5.41, 5.74) is 0. The molecule has 0 radical (unpaired) electrons. The van der Waals surface area contributed by atoms with Crippen molar-refractivity contribution in [3.05, 3.63) is 0 Å². The summed E-state index contributed by atoms with van der Waals surface area (Å²) in [5, 5.41) is 0. The van der Waals surface area contributed by atoms with Gasteiger partial charge in [-0.3, -0.25) is 9.79 Å². The summed E-state index contributed by atoms with van der Waals surface area (Å²) in [6.45, 7) is 3.45. The Morgan fingerprint density at radius 3 is 2.83 bits per heavy atom. The predicted octanol–water partition coefficient (Wildman–Crippen LogP) is -0.183. The van der Waals surface area contributed by atoms with E-state index in [4.69, 9.17) is 0 Å². The normalized spacial score (nSPS) is 6.67. The summed E-state index contributed by atoms with van der Waals surface area (Å²) >= 11 is 0. The molecule has 0 spiro atoms. The van der Waals surface area contributed by atoms with Crippen molar-refractivity contribution in [1.82, 2.24) is 0 Å². The highest BCUT2D eigenvalue weighted by Crippen LogP contribution is 1.61. The number of ether oxygens (including phenoxy) is 1. The van der Waals surface area contributed by atoms with Crippen LogP contribution in [0.15, 0.2) is 4.99 Å². The Kier molecular flexibility index (Phi) is 3.55. The van der Waals surface area contributed by atoms with Gasteiger partial charge < -0.3 is 4.74 Å². The maximum absolute atomic E-state index is 9.25. The van der Waals surface area contributed by atoms with Crippen LogP contribution in [0.2, 0.25) is 0 Å². The third-order valence-corrected chi connectivity index (χ3v) is 0.234. The van der Waals surface area contributed by atoms with Crippen molar-refractivity contribution in [2.45, 2.75) is 0 Å². The molecule has 0 saturated heterocycles. The fourth-order valence-corrected chi connectivity index (χ4v) is 0.0831. The van der Waals surface area contributed by atoms with E-state index in [1.807, 2.05) is 0 Å². The van der Waals surface area contributed by atoms with Crippen LogP contribution < -0.4 is 0 Å². The van der Waals surface area contributed by atoms with Gasteiger partial charge in [0.2, 0.25) is 0 Å². The minimum atomic E-state index is 0.0590. The largest absolute Gasteiger partial charge is 0.445 e. The Morgan fingerprint density at radius 1 is 2.00 bits per heavy atom. The van der Waals surface area contributed by atoms with Crippen LogP contribution in [-0.2, 0) is 9.53 Å². The van der Waals surface area contributed by atoms with E-state index in [0.717, 1.165) is 0 Å². The van der Waals surface area contributed by atoms with Crippen LogP contribution in [0.25, 0.3) is 0 Å². The molecule has 0 aromatic carbocycles. The first-order valence-corrected chi connectivity index (χ1v) is 1.39. The highest BCUT2D eigenvalue weighted by molar-refractivity contribution is 5.37. The van der Waals surface area contributed by atoms with Crippen molar-refractivity contribution in [2.75, 3.05) is 6.73 Å². The number of carbonyl (C=O) groups excluding carboxylic acids is 1. The molecule has 0 fully saturated rings. The first kappa shape index (κ1) is 5.14. The number of hydrogen-bond acceptors (Lipinski definition) is 3. The zero-order valence-corrected chi connectivity index (χ0v) is 3.26. The molecule has 0 unspecified atom stereocenters. The highest BCUT2D eigenvalue weighted by atomic mass is 16.5. The van der Waals surface area contributed by atoms with Gasteiger partial charge >= 0.3 is 0 Å². The molecule has 0 aliphatic heterocycles. The van der Waals surface area contributed by atoms with Crippen LogP contribution in [-0.4, -0.2) is 19.9 Å². The second-order valence-corrected chi connectivity index (χ2v) is 0.616. The van der Waals surface area contributed by atoms with Crippen LogP contribution in [0.3, 0.4) is 0 Å². The molecule has 0 rings (SSSR count). The maximum atomic E-state index is 9.25. The summed E-state index contributed by atoms with van der Waals surface area (Å²) in [4.78, 5) is 12.5. The molecule has 0 atom stereocenters. The fraction of sp³-hybridized carbons (Fsp3) is 0.333. The maximum Gasteiger partial charge on any atom is 0.294 e. The first-order valence-electron chi connectivity index (χ1n) is 1.39. The summed E-state index contributed by atoms with van der Waals surface area (Å²) in [5.74, 6) is 0. The zero-order valence-electron chi connectivity index (χ0n) is 3.26. The third kappa shape index (κ3) is 3.14. The molecular formula is C3H5NO2. The fourth-order valence-electron chi connectivity index (χ4n) is 0.0831. The molecule has 0 N–H and O–H groups in total. The summed E-state index contributed by atoms with van der Waals surface area (Å²) < 4.78 is 4.07. The standard InChI is InChI=1S/C3H5NO2/c1-4-2-6-3-5/h3H,1-2H2. The lowest BCUT2D eigenvalue weighted by Gasteiger charge is -1.82. The van der Waals surface area contributed by atoms with Crippen molar-refractivity contribution in [3.63, 3.8) is 0 Å². The quantitative estimate of drug-likeness (QED) is 0.272. The molecule has 0 aliphatic rings. The Morgan fingerprint density at radius 2 is 2.67 bits per heavy atom. The molecule has 3 heteroatoms. The van der Waals surface area contributed by atoms with Gasteiger partial charge in [0.25, 0.3) is 6.47 Å². The van der Waals surface area contributed by atoms with E-state index in [2.05, 4.69) is 16.4 Å². The van der Waals surface area contributed by atoms with Gasteiger partial charge in [-0.1, -0.05) is 0 Å². The average molecular weight is 87.1 g/mol. The lowest BCUT2D eigenvalue weighted by Crippen LogP contribution is -1.83. The van der Waals surface area contributed by atoms with Crippen LogP contribution in [0.5, 0.6) is 0 Å². The second kappa shape index (κ2) is 4.14. The van der Waals surface area contributed by atoms with E-state index >= 15 is 0 Å². The third-order valence-electron chi connectivity index (χ3n) is 0.234. The molecule has 34 valence electrons. The van der Waals surface area contributed by atoms with E-state index in [0.29, 0.717) is 6.47 Å². The Hall–Kier alpha value is -0.860. The molecule has 0 saturated carbocycles. The molecule has 0 aromatic heterocycles. The lowest BCUT2D eigenvalue weighted by atomic mass is 11.2. The lowest BCUT2D eigenvalue weighted by molar-refractivity contribution is -0.128. The van der Waals surface area contributed by atoms with Crippen molar-refractivity contribution in [2.24, 2.45) is 4.99 Å². The average Bonchev–Trinajstić information content (AvgIpc) is 1.61. The number of rotatable bonds is 3. The summed E-state index contributed by atoms with van der Waals surface area (Å²) in [7, 11) is 0. The summed E-state index contributed by atoms with van der Waals surface area (Å²) in [6.07, 6.45) is 0. The Labute approximate surface area is 35.6 Å². The van der Waals surface area contributed by atoms with Gasteiger partial charge in [-0.25, -0.2) is 0 Å². The van der Waals surface area contributed by atoms with Crippen LogP contribution in [0.1, 0.15) is 0 Å². The monoisotopic (exact) mass is 87.0 g/mol. The molecule has 6 heavy (non-hydrogen) atoms. The van der Waals surface area contributed by atoms with Crippen molar-refractivity contribution >= 4 is 13.2 Å². The Bertz CT molecular complexity index is 44.8.